The number of benzene rings is 3. The topological polar surface area (TPSA) is 136 Å². The predicted octanol–water partition coefficient (Wildman–Crippen LogP) is 9.23. The number of anilines is 1. The highest BCUT2D eigenvalue weighted by molar-refractivity contribution is 6.09. The van der Waals surface area contributed by atoms with Crippen LogP contribution in [0, 0.1) is 13.8 Å². The number of amides is 3. The van der Waals surface area contributed by atoms with Crippen LogP contribution in [0.5, 0.6) is 0 Å². The molecule has 2 aromatic rings. The fourth-order valence-corrected chi connectivity index (χ4v) is 6.95. The van der Waals surface area contributed by atoms with Gasteiger partial charge in [0.2, 0.25) is 0 Å². The summed E-state index contributed by atoms with van der Waals surface area (Å²) in [5.41, 5.74) is 6.18. The zero-order chi connectivity index (χ0) is 39.2. The summed E-state index contributed by atoms with van der Waals surface area (Å²) in [4.78, 5) is 44.5. The molecule has 0 saturated carbocycles. The minimum Gasteiger partial charge on any atom is -0.478 e. The van der Waals surface area contributed by atoms with E-state index in [0.29, 0.717) is 35.6 Å². The number of nitrogens with one attached hydrogen (secondary N) is 3. The van der Waals surface area contributed by atoms with Crippen molar-refractivity contribution < 1.29 is 23.9 Å². The number of carbonyl (C=O) groups excluding carboxylic acids is 2. The Morgan fingerprint density at radius 2 is 1.43 bits per heavy atom. The number of fused-ring (bicyclic) bond motifs is 2. The Labute approximate surface area is 321 Å². The lowest BCUT2D eigenvalue weighted by Crippen LogP contribution is -2.39. The van der Waals surface area contributed by atoms with Crippen molar-refractivity contribution >= 4 is 34.6 Å². The van der Waals surface area contributed by atoms with E-state index in [1.54, 1.807) is 12.1 Å². The van der Waals surface area contributed by atoms with Crippen LogP contribution in [0.4, 0.5) is 10.5 Å². The van der Waals surface area contributed by atoms with Crippen LogP contribution < -0.4 is 26.2 Å². The van der Waals surface area contributed by atoms with Gasteiger partial charge < -0.3 is 30.4 Å². The number of carboxylic acids is 1. The zero-order valence-corrected chi connectivity index (χ0v) is 33.5. The van der Waals surface area contributed by atoms with E-state index >= 15 is 0 Å². The van der Waals surface area contributed by atoms with Crippen LogP contribution in [0.3, 0.4) is 0 Å². The molecular formula is C44H61N5O5. The molecule has 0 spiro atoms. The molecule has 0 fully saturated rings. The van der Waals surface area contributed by atoms with Gasteiger partial charge in [0.15, 0.2) is 0 Å². The van der Waals surface area contributed by atoms with Gasteiger partial charge in [0.05, 0.1) is 10.9 Å². The normalized spacial score (nSPS) is 11.7. The Morgan fingerprint density at radius 1 is 0.796 bits per heavy atom. The predicted molar refractivity (Wildman–Crippen MR) is 220 cm³/mol. The Balaban J connectivity index is 1.38. The molecule has 0 saturated heterocycles. The third kappa shape index (κ3) is 11.3. The maximum atomic E-state index is 13.2. The Kier molecular flexibility index (Phi) is 15.9. The molecule has 2 aromatic carbocycles. The summed E-state index contributed by atoms with van der Waals surface area (Å²) in [7, 11) is 2.04. The molecule has 1 aliphatic heterocycles. The van der Waals surface area contributed by atoms with Crippen LogP contribution >= 0.6 is 0 Å². The number of carbonyl (C=O) groups is 3. The average molecular weight is 740 g/mol. The van der Waals surface area contributed by atoms with Crippen molar-refractivity contribution in [3.05, 3.63) is 70.1 Å². The molecule has 1 aliphatic carbocycles. The van der Waals surface area contributed by atoms with Gasteiger partial charge in [-0.25, -0.2) is 9.59 Å². The highest BCUT2D eigenvalue weighted by Crippen LogP contribution is 2.43. The lowest BCUT2D eigenvalue weighted by Gasteiger charge is -2.23. The Hall–Kier alpha value is -4.86. The largest absolute Gasteiger partial charge is 0.478 e. The van der Waals surface area contributed by atoms with Crippen molar-refractivity contribution in [1.29, 1.82) is 0 Å². The number of unbranched alkanes of at least 4 members (excludes halogenated alkanes) is 9. The van der Waals surface area contributed by atoms with Crippen molar-refractivity contribution in [3.8, 4) is 22.5 Å². The fraction of sp³-hybridized carbons (Fsp3) is 0.500. The lowest BCUT2D eigenvalue weighted by molar-refractivity contribution is 0.0697. The van der Waals surface area contributed by atoms with Crippen LogP contribution in [0.15, 0.2) is 51.9 Å². The molecule has 0 radical (unpaired) electrons. The maximum absolute atomic E-state index is 13.2. The van der Waals surface area contributed by atoms with Crippen molar-refractivity contribution in [1.82, 2.24) is 16.0 Å². The molecule has 0 atom stereocenters. The SMILES string of the molecule is CCN=c1cc2oc3cc(N(C)CC)c(C)cc3c(-c3ccc(C(=O)NCCCCCCCCCCCCNC(=O)NC(C)C)cc3C(=O)O)c-2cc1C. The first-order valence-corrected chi connectivity index (χ1v) is 19.9. The van der Waals surface area contributed by atoms with E-state index in [4.69, 9.17) is 4.42 Å². The summed E-state index contributed by atoms with van der Waals surface area (Å²) in [6.07, 6.45) is 11.2. The highest BCUT2D eigenvalue weighted by atomic mass is 16.4. The van der Waals surface area contributed by atoms with Gasteiger partial charge in [-0.05, 0) is 95.3 Å². The lowest BCUT2D eigenvalue weighted by atomic mass is 9.88. The zero-order valence-electron chi connectivity index (χ0n) is 33.5. The quantitative estimate of drug-likeness (QED) is 0.0527. The molecule has 54 heavy (non-hydrogen) atoms. The van der Waals surface area contributed by atoms with Gasteiger partial charge in [0, 0.05) is 79.2 Å². The molecule has 0 aromatic heterocycles. The minimum atomic E-state index is -1.10. The third-order valence-corrected chi connectivity index (χ3v) is 9.94. The van der Waals surface area contributed by atoms with Gasteiger partial charge in [0.1, 0.15) is 11.3 Å². The van der Waals surface area contributed by atoms with E-state index in [1.807, 2.05) is 52.9 Å². The molecule has 4 N–H and O–H groups in total. The molecular weight excluding hydrogens is 679 g/mol. The van der Waals surface area contributed by atoms with Crippen molar-refractivity contribution in [2.75, 3.05) is 38.1 Å². The summed E-state index contributed by atoms with van der Waals surface area (Å²) in [6.45, 7) is 14.8. The molecule has 10 nitrogen and oxygen atoms in total. The second kappa shape index (κ2) is 20.6. The number of aromatic carboxylic acids is 1. The van der Waals surface area contributed by atoms with Gasteiger partial charge in [0.25, 0.3) is 5.91 Å². The van der Waals surface area contributed by atoms with Crippen molar-refractivity contribution in [2.24, 2.45) is 4.99 Å². The summed E-state index contributed by atoms with van der Waals surface area (Å²) in [5.74, 6) is -0.753. The second-order valence-electron chi connectivity index (χ2n) is 14.6. The van der Waals surface area contributed by atoms with E-state index < -0.39 is 5.97 Å². The molecule has 3 amide bonds. The average Bonchev–Trinajstić information content (AvgIpc) is 3.13. The summed E-state index contributed by atoms with van der Waals surface area (Å²) < 4.78 is 6.52. The summed E-state index contributed by atoms with van der Waals surface area (Å²) in [6, 6.07) is 13.1. The van der Waals surface area contributed by atoms with Gasteiger partial charge in [-0.1, -0.05) is 57.4 Å². The van der Waals surface area contributed by atoms with Crippen LogP contribution in [-0.2, 0) is 0 Å². The van der Waals surface area contributed by atoms with Crippen molar-refractivity contribution in [3.63, 3.8) is 0 Å². The smallest absolute Gasteiger partial charge is 0.336 e. The highest BCUT2D eigenvalue weighted by Gasteiger charge is 2.24. The van der Waals surface area contributed by atoms with E-state index in [1.165, 1.54) is 38.2 Å². The van der Waals surface area contributed by atoms with E-state index in [0.717, 1.165) is 83.9 Å². The third-order valence-electron chi connectivity index (χ3n) is 9.94. The molecule has 1 heterocycles. The molecule has 0 unspecified atom stereocenters. The first-order chi connectivity index (χ1) is 25.9. The van der Waals surface area contributed by atoms with Crippen LogP contribution in [0.25, 0.3) is 33.4 Å². The van der Waals surface area contributed by atoms with Gasteiger partial charge in [-0.15, -0.1) is 0 Å². The van der Waals surface area contributed by atoms with Crippen LogP contribution in [-0.4, -0.2) is 62.3 Å². The number of rotatable bonds is 20. The molecule has 10 heteroatoms. The van der Waals surface area contributed by atoms with Gasteiger partial charge in [-0.3, -0.25) is 9.79 Å². The first kappa shape index (κ1) is 41.9. The van der Waals surface area contributed by atoms with Crippen LogP contribution in [0.2, 0.25) is 0 Å². The number of aryl methyl sites for hydroxylation is 2. The molecule has 4 rings (SSSR count). The van der Waals surface area contributed by atoms with E-state index in [2.05, 4.69) is 45.8 Å². The number of hydrogen-bond donors (Lipinski definition) is 4. The van der Waals surface area contributed by atoms with Gasteiger partial charge in [-0.2, -0.15) is 0 Å². The van der Waals surface area contributed by atoms with Crippen molar-refractivity contribution in [2.45, 2.75) is 112 Å². The second-order valence-corrected chi connectivity index (χ2v) is 14.6. The minimum absolute atomic E-state index is 0.0644. The first-order valence-electron chi connectivity index (χ1n) is 19.9. The number of hydrogen-bond acceptors (Lipinski definition) is 6. The number of urea groups is 1. The molecule has 2 aliphatic rings. The monoisotopic (exact) mass is 739 g/mol. The Morgan fingerprint density at radius 3 is 2.02 bits per heavy atom. The molecule has 0 bridgehead atoms. The fourth-order valence-electron chi connectivity index (χ4n) is 6.95. The summed E-state index contributed by atoms with van der Waals surface area (Å²) in [5, 5.41) is 20.9. The standard InChI is InChI=1S/C44H61N5O5/c1-8-45-37-27-39-35(24-30(37)5)41(36-25-31(6)38(49(7)9-2)28-40(36)54-39)33-21-20-32(26-34(33)43(51)52)42(50)46-22-18-16-14-12-10-11-13-15-17-19-23-47-44(53)48-29(3)4/h20-21,24-29H,8-19,22-23H2,1-7H3,(H,46,50)(H,51,52)(H2,47,48,53). The van der Waals surface area contributed by atoms with E-state index in [9.17, 15) is 19.5 Å². The van der Waals surface area contributed by atoms with Crippen LogP contribution in [0.1, 0.15) is 124 Å². The molecule has 292 valence electrons. The number of carboxylic acid groups (broad SMARTS) is 1. The summed E-state index contributed by atoms with van der Waals surface area (Å²) >= 11 is 0. The van der Waals surface area contributed by atoms with Gasteiger partial charge >= 0.3 is 12.0 Å². The number of nitrogens with zero attached hydrogens (tertiary/aromatic N) is 2. The maximum Gasteiger partial charge on any atom is 0.336 e. The van der Waals surface area contributed by atoms with E-state index in [-0.39, 0.29) is 23.5 Å². The Bertz CT molecular complexity index is 1930.